The molecule has 0 aliphatic heterocycles. The van der Waals surface area contributed by atoms with E-state index in [-0.39, 0.29) is 58.8 Å². The Balaban J connectivity index is -0.0000000905. The molecular formula is C20H40KN3-2. The van der Waals surface area contributed by atoms with E-state index in [1.807, 2.05) is 72.0 Å². The molecular weight excluding hydrogens is 321 g/mol. The van der Waals surface area contributed by atoms with Gasteiger partial charge in [-0.1, -0.05) is 39.8 Å². The van der Waals surface area contributed by atoms with Crippen molar-refractivity contribution in [2.24, 2.45) is 10.7 Å². The van der Waals surface area contributed by atoms with Gasteiger partial charge in [0.25, 0.3) is 0 Å². The molecule has 0 aromatic carbocycles. The van der Waals surface area contributed by atoms with Gasteiger partial charge >= 0.3 is 51.4 Å². The average molecular weight is 362 g/mol. The van der Waals surface area contributed by atoms with Crippen molar-refractivity contribution >= 4 is 5.71 Å². The molecule has 0 unspecified atom stereocenters. The molecule has 0 atom stereocenters. The summed E-state index contributed by atoms with van der Waals surface area (Å²) >= 11 is 0. The fourth-order valence-corrected chi connectivity index (χ4v) is 1.12. The third-order valence-corrected chi connectivity index (χ3v) is 1.91. The number of hydrogen-bond acceptors (Lipinski definition) is 3. The Hall–Kier alpha value is -0.264. The topological polar surface area (TPSA) is 50.4 Å². The van der Waals surface area contributed by atoms with Crippen LogP contribution >= 0.6 is 0 Å². The number of nitrogens with one attached hydrogen (secondary N) is 1. The van der Waals surface area contributed by atoms with Gasteiger partial charge in [0.1, 0.15) is 0 Å². The number of hydrogen-bond donors (Lipinski definition) is 2. The van der Waals surface area contributed by atoms with Crippen molar-refractivity contribution in [2.45, 2.75) is 41.5 Å². The van der Waals surface area contributed by atoms with Crippen LogP contribution in [0.1, 0.15) is 41.5 Å². The predicted octanol–water partition coefficient (Wildman–Crippen LogP) is 2.32. The van der Waals surface area contributed by atoms with E-state index in [9.17, 15) is 0 Å². The van der Waals surface area contributed by atoms with Crippen LogP contribution in [-0.2, 0) is 0 Å². The average Bonchev–Trinajstić information content (AvgIpc) is 2.61. The molecule has 0 heterocycles. The summed E-state index contributed by atoms with van der Waals surface area (Å²) in [5.41, 5.74) is 8.21. The fourth-order valence-electron chi connectivity index (χ4n) is 1.12. The number of aliphatic imine (C=N–C) groups is 1. The molecule has 0 aromatic rings. The minimum Gasteiger partial charge on any atom is -0.395 e. The van der Waals surface area contributed by atoms with Crippen molar-refractivity contribution in [3.63, 3.8) is 0 Å². The number of allylic oxidation sites excluding steroid dienone is 6. The summed E-state index contributed by atoms with van der Waals surface area (Å²) in [6.45, 7) is 18.5. The molecule has 0 amide bonds. The largest absolute Gasteiger partial charge is 1.00 e. The van der Waals surface area contributed by atoms with Crippen LogP contribution in [-0.4, -0.2) is 19.8 Å². The molecule has 0 aliphatic rings. The van der Waals surface area contributed by atoms with Crippen LogP contribution in [0.4, 0.5) is 0 Å². The Morgan fingerprint density at radius 3 is 1.79 bits per heavy atom. The van der Waals surface area contributed by atoms with Gasteiger partial charge in [-0.05, 0) is 13.0 Å². The summed E-state index contributed by atoms with van der Waals surface area (Å²) in [6, 6.07) is 0. The molecule has 3 nitrogen and oxygen atoms in total. The Morgan fingerprint density at radius 1 is 1.04 bits per heavy atom. The second-order valence-electron chi connectivity index (χ2n) is 2.97. The standard InChI is InChI=1S/C13H20N3.2C2H6.C2H5.CH3.K/c1-5-7-8-10-12(16-4)13(14)11(15-3)9-6-2;3*1-2;;/h5-10,15H,1,14H2,2-4H3;2*1-2H3;1H2,2H3;1H3;/q-1;;;2*-1;+1/b7-5+,9-6-,10-8+,13-11-,16-12?;;;;;. The molecule has 4 heteroatoms. The first kappa shape index (κ1) is 39.0. The maximum absolute atomic E-state index is 6.00. The molecule has 3 N–H and O–H groups in total. The van der Waals surface area contributed by atoms with Gasteiger partial charge in [0.05, 0.1) is 17.1 Å². The molecule has 24 heavy (non-hydrogen) atoms. The van der Waals surface area contributed by atoms with Gasteiger partial charge in [0.15, 0.2) is 0 Å². The summed E-state index contributed by atoms with van der Waals surface area (Å²) in [4.78, 5) is 4.13. The predicted molar refractivity (Wildman–Crippen MR) is 112 cm³/mol. The van der Waals surface area contributed by atoms with Crippen molar-refractivity contribution in [3.8, 4) is 0 Å². The molecule has 0 aliphatic carbocycles. The van der Waals surface area contributed by atoms with E-state index in [0.29, 0.717) is 5.70 Å². The van der Waals surface area contributed by atoms with E-state index in [4.69, 9.17) is 5.73 Å². The van der Waals surface area contributed by atoms with Crippen molar-refractivity contribution < 1.29 is 51.4 Å². The third kappa shape index (κ3) is 24.0. The summed E-state index contributed by atoms with van der Waals surface area (Å²) in [5, 5.41) is 3.03. The van der Waals surface area contributed by atoms with Crippen LogP contribution < -0.4 is 62.4 Å². The molecule has 0 saturated heterocycles. The molecule has 0 radical (unpaired) electrons. The van der Waals surface area contributed by atoms with Gasteiger partial charge in [-0.3, -0.25) is 4.99 Å². The minimum absolute atomic E-state index is 0. The van der Waals surface area contributed by atoms with Gasteiger partial charge in [0, 0.05) is 14.1 Å². The molecule has 0 spiro atoms. The molecule has 0 aromatic heterocycles. The third-order valence-electron chi connectivity index (χ3n) is 1.91. The summed E-state index contributed by atoms with van der Waals surface area (Å²) in [6.07, 6.45) is 11.1. The van der Waals surface area contributed by atoms with E-state index in [0.717, 1.165) is 11.4 Å². The first-order valence-electron chi connectivity index (χ1n) is 7.81. The molecule has 0 saturated carbocycles. The van der Waals surface area contributed by atoms with E-state index in [2.05, 4.69) is 24.2 Å². The maximum Gasteiger partial charge on any atom is 1.00 e. The monoisotopic (exact) mass is 361 g/mol. The SMILES string of the molecule is CC.CC.[CH2-]/C=C/C=C/C(=NC)/C(N)=C(\C=C/C)NC.[CH2-]C.[CH3-].[K+]. The van der Waals surface area contributed by atoms with Gasteiger partial charge < -0.3 is 25.4 Å². The molecule has 0 rings (SSSR count). The van der Waals surface area contributed by atoms with Gasteiger partial charge in [0.2, 0.25) is 0 Å². The van der Waals surface area contributed by atoms with E-state index in [1.165, 1.54) is 0 Å². The van der Waals surface area contributed by atoms with E-state index >= 15 is 0 Å². The minimum atomic E-state index is 0. The second-order valence-corrected chi connectivity index (χ2v) is 2.97. The van der Waals surface area contributed by atoms with Crippen LogP contribution in [0.15, 0.2) is 52.8 Å². The Kier molecular flexibility index (Phi) is 62.3. The van der Waals surface area contributed by atoms with Crippen LogP contribution in [0.5, 0.6) is 0 Å². The zero-order valence-electron chi connectivity index (χ0n) is 17.9. The summed E-state index contributed by atoms with van der Waals surface area (Å²) in [5.74, 6) is 0. The first-order chi connectivity index (χ1) is 10.7. The Labute approximate surface area is 196 Å². The van der Waals surface area contributed by atoms with E-state index < -0.39 is 0 Å². The number of nitrogens with two attached hydrogens (primary N) is 1. The smallest absolute Gasteiger partial charge is 0.395 e. The van der Waals surface area contributed by atoms with Gasteiger partial charge in [-0.15, -0.1) is 6.08 Å². The van der Waals surface area contributed by atoms with Crippen molar-refractivity contribution in [3.05, 3.63) is 69.1 Å². The fraction of sp³-hybridized carbons (Fsp3) is 0.400. The number of nitrogens with zero attached hydrogens (tertiary/aromatic N) is 1. The number of rotatable bonds is 5. The second kappa shape index (κ2) is 38.4. The quantitative estimate of drug-likeness (QED) is 0.342. The van der Waals surface area contributed by atoms with Crippen LogP contribution in [0.3, 0.4) is 0 Å². The first-order valence-corrected chi connectivity index (χ1v) is 7.81. The van der Waals surface area contributed by atoms with Crippen molar-refractivity contribution in [2.75, 3.05) is 14.1 Å². The zero-order valence-corrected chi connectivity index (χ0v) is 21.0. The van der Waals surface area contributed by atoms with Gasteiger partial charge in [-0.2, -0.15) is 6.92 Å². The van der Waals surface area contributed by atoms with Crippen molar-refractivity contribution in [1.29, 1.82) is 0 Å². The Morgan fingerprint density at radius 2 is 1.50 bits per heavy atom. The summed E-state index contributed by atoms with van der Waals surface area (Å²) in [7, 11) is 3.54. The van der Waals surface area contributed by atoms with Crippen molar-refractivity contribution in [1.82, 2.24) is 5.32 Å². The molecule has 138 valence electrons. The normalized spacial score (nSPS) is 10.8. The van der Waals surface area contributed by atoms with Crippen LogP contribution in [0, 0.1) is 21.3 Å². The Bertz CT molecular complexity index is 352. The zero-order chi connectivity index (χ0) is 18.4. The van der Waals surface area contributed by atoms with Gasteiger partial charge in [-0.25, -0.2) is 19.1 Å². The summed E-state index contributed by atoms with van der Waals surface area (Å²) < 4.78 is 0. The molecule has 0 bridgehead atoms. The van der Waals surface area contributed by atoms with Crippen LogP contribution in [0.25, 0.3) is 0 Å². The maximum atomic E-state index is 6.00. The number of likely N-dealkylation sites (N-methyl/N-ethyl adjacent to an activating group) is 1. The molecule has 0 fully saturated rings. The van der Waals surface area contributed by atoms with Crippen LogP contribution in [0.2, 0.25) is 0 Å². The van der Waals surface area contributed by atoms with E-state index in [1.54, 1.807) is 20.0 Å².